The molecule has 2 heterocycles. The van der Waals surface area contributed by atoms with Gasteiger partial charge in [-0.15, -0.1) is 0 Å². The SMILES string of the molecule is CN(CCN1CCCC1)c1cc(Br)nc(C2CC2)n1. The predicted molar refractivity (Wildman–Crippen MR) is 80.7 cm³/mol. The van der Waals surface area contributed by atoms with Crippen LogP contribution in [0.3, 0.4) is 0 Å². The molecule has 1 aromatic heterocycles. The second-order valence-corrected chi connectivity index (χ2v) is 6.46. The summed E-state index contributed by atoms with van der Waals surface area (Å²) in [7, 11) is 2.13. The van der Waals surface area contributed by atoms with E-state index < -0.39 is 0 Å². The van der Waals surface area contributed by atoms with Gasteiger partial charge < -0.3 is 9.80 Å². The molecule has 4 nitrogen and oxygen atoms in total. The lowest BCUT2D eigenvalue weighted by molar-refractivity contribution is 0.346. The van der Waals surface area contributed by atoms with E-state index in [0.717, 1.165) is 29.3 Å². The van der Waals surface area contributed by atoms with Crippen molar-refractivity contribution in [1.29, 1.82) is 0 Å². The summed E-state index contributed by atoms with van der Waals surface area (Å²) >= 11 is 3.51. The van der Waals surface area contributed by atoms with Crippen LogP contribution in [-0.4, -0.2) is 48.1 Å². The van der Waals surface area contributed by atoms with E-state index >= 15 is 0 Å². The Labute approximate surface area is 123 Å². The summed E-state index contributed by atoms with van der Waals surface area (Å²) in [6.07, 6.45) is 5.20. The summed E-state index contributed by atoms with van der Waals surface area (Å²) in [6.45, 7) is 4.69. The van der Waals surface area contributed by atoms with E-state index in [1.54, 1.807) is 0 Å². The molecule has 0 unspecified atom stereocenters. The van der Waals surface area contributed by atoms with Gasteiger partial charge in [0.2, 0.25) is 0 Å². The topological polar surface area (TPSA) is 32.3 Å². The fourth-order valence-electron chi connectivity index (χ4n) is 2.55. The summed E-state index contributed by atoms with van der Waals surface area (Å²) in [5.41, 5.74) is 0. The molecule has 0 bridgehead atoms. The van der Waals surface area contributed by atoms with Gasteiger partial charge in [0.05, 0.1) is 0 Å². The Morgan fingerprint density at radius 1 is 1.32 bits per heavy atom. The average Bonchev–Trinajstić information content (AvgIpc) is 3.13. The highest BCUT2D eigenvalue weighted by Crippen LogP contribution is 2.39. The van der Waals surface area contributed by atoms with Gasteiger partial charge in [0.25, 0.3) is 0 Å². The van der Waals surface area contributed by atoms with Gasteiger partial charge in [-0.25, -0.2) is 9.97 Å². The van der Waals surface area contributed by atoms with E-state index in [4.69, 9.17) is 4.98 Å². The zero-order chi connectivity index (χ0) is 13.2. The smallest absolute Gasteiger partial charge is 0.135 e. The Morgan fingerprint density at radius 2 is 2.05 bits per heavy atom. The normalized spacial score (nSPS) is 19.9. The minimum atomic E-state index is 0.600. The Kier molecular flexibility index (Phi) is 4.03. The summed E-state index contributed by atoms with van der Waals surface area (Å²) in [5.74, 6) is 2.66. The van der Waals surface area contributed by atoms with E-state index in [9.17, 15) is 0 Å². The highest BCUT2D eigenvalue weighted by molar-refractivity contribution is 9.10. The number of anilines is 1. The third kappa shape index (κ3) is 3.45. The Bertz CT molecular complexity index is 441. The molecule has 5 heteroatoms. The first-order chi connectivity index (χ1) is 9.22. The van der Waals surface area contributed by atoms with Crippen LogP contribution >= 0.6 is 15.9 Å². The van der Waals surface area contributed by atoms with Crippen molar-refractivity contribution in [2.24, 2.45) is 0 Å². The Hall–Kier alpha value is -0.680. The van der Waals surface area contributed by atoms with Crippen LogP contribution < -0.4 is 4.90 Å². The quantitative estimate of drug-likeness (QED) is 0.779. The molecule has 0 amide bonds. The molecule has 1 aliphatic heterocycles. The standard InChI is InChI=1S/C14H21BrN4/c1-18(8-9-19-6-2-3-7-19)13-10-12(15)16-14(17-13)11-4-5-11/h10-11H,2-9H2,1H3. The third-order valence-corrected chi connectivity index (χ3v) is 4.39. The maximum Gasteiger partial charge on any atom is 0.135 e. The van der Waals surface area contributed by atoms with Crippen LogP contribution in [0.2, 0.25) is 0 Å². The monoisotopic (exact) mass is 324 g/mol. The molecule has 0 radical (unpaired) electrons. The fraction of sp³-hybridized carbons (Fsp3) is 0.714. The molecule has 0 spiro atoms. The van der Waals surface area contributed by atoms with E-state index in [2.05, 4.69) is 37.8 Å². The Balaban J connectivity index is 1.62. The van der Waals surface area contributed by atoms with Crippen molar-refractivity contribution in [3.8, 4) is 0 Å². The van der Waals surface area contributed by atoms with Crippen LogP contribution in [0.15, 0.2) is 10.7 Å². The molecule has 19 heavy (non-hydrogen) atoms. The van der Waals surface area contributed by atoms with Crippen molar-refractivity contribution >= 4 is 21.7 Å². The van der Waals surface area contributed by atoms with Crippen LogP contribution in [0.1, 0.15) is 37.4 Å². The summed E-state index contributed by atoms with van der Waals surface area (Å²) in [6, 6.07) is 2.02. The number of rotatable bonds is 5. The van der Waals surface area contributed by atoms with Crippen molar-refractivity contribution in [3.05, 3.63) is 16.5 Å². The van der Waals surface area contributed by atoms with Gasteiger partial charge in [0, 0.05) is 32.1 Å². The van der Waals surface area contributed by atoms with E-state index in [-0.39, 0.29) is 0 Å². The van der Waals surface area contributed by atoms with Crippen LogP contribution in [0.4, 0.5) is 5.82 Å². The minimum Gasteiger partial charge on any atom is -0.358 e. The highest BCUT2D eigenvalue weighted by atomic mass is 79.9. The van der Waals surface area contributed by atoms with E-state index in [1.165, 1.54) is 38.8 Å². The maximum absolute atomic E-state index is 4.71. The number of halogens is 1. The molecule has 104 valence electrons. The van der Waals surface area contributed by atoms with Gasteiger partial charge in [-0.05, 0) is 54.7 Å². The first-order valence-corrected chi connectivity index (χ1v) is 7.99. The molecule has 2 fully saturated rings. The summed E-state index contributed by atoms with van der Waals surface area (Å²) in [4.78, 5) is 14.0. The molecule has 1 aromatic rings. The molecular formula is C14H21BrN4. The molecular weight excluding hydrogens is 304 g/mol. The number of aromatic nitrogens is 2. The number of likely N-dealkylation sites (tertiary alicyclic amines) is 1. The zero-order valence-corrected chi connectivity index (χ0v) is 13.1. The Morgan fingerprint density at radius 3 is 2.74 bits per heavy atom. The van der Waals surface area contributed by atoms with Crippen LogP contribution in [0.25, 0.3) is 0 Å². The second kappa shape index (κ2) is 5.75. The lowest BCUT2D eigenvalue weighted by atomic mass is 10.4. The lowest BCUT2D eigenvalue weighted by Gasteiger charge is -2.22. The van der Waals surface area contributed by atoms with Crippen LogP contribution in [0, 0.1) is 0 Å². The summed E-state index contributed by atoms with van der Waals surface area (Å²) in [5, 5.41) is 0. The molecule has 1 saturated carbocycles. The third-order valence-electron chi connectivity index (χ3n) is 3.98. The van der Waals surface area contributed by atoms with Gasteiger partial charge in [-0.1, -0.05) is 0 Å². The molecule has 1 aliphatic carbocycles. The van der Waals surface area contributed by atoms with Gasteiger partial charge in [0.1, 0.15) is 16.2 Å². The van der Waals surface area contributed by atoms with Crippen molar-refractivity contribution in [3.63, 3.8) is 0 Å². The predicted octanol–water partition coefficient (Wildman–Crippen LogP) is 2.65. The number of likely N-dealkylation sites (N-methyl/N-ethyl adjacent to an activating group) is 1. The van der Waals surface area contributed by atoms with Gasteiger partial charge >= 0.3 is 0 Å². The summed E-state index contributed by atoms with van der Waals surface area (Å²) < 4.78 is 0.910. The largest absolute Gasteiger partial charge is 0.358 e. The molecule has 0 aromatic carbocycles. The molecule has 1 saturated heterocycles. The highest BCUT2D eigenvalue weighted by Gasteiger charge is 2.27. The first-order valence-electron chi connectivity index (χ1n) is 7.20. The van der Waals surface area contributed by atoms with Crippen molar-refractivity contribution in [2.45, 2.75) is 31.6 Å². The van der Waals surface area contributed by atoms with Gasteiger partial charge in [-0.2, -0.15) is 0 Å². The van der Waals surface area contributed by atoms with Gasteiger partial charge in [0.15, 0.2) is 0 Å². The minimum absolute atomic E-state index is 0.600. The average molecular weight is 325 g/mol. The molecule has 2 aliphatic rings. The van der Waals surface area contributed by atoms with E-state index in [1.807, 2.05) is 6.07 Å². The van der Waals surface area contributed by atoms with Crippen LogP contribution in [0.5, 0.6) is 0 Å². The molecule has 0 atom stereocenters. The second-order valence-electron chi connectivity index (χ2n) is 5.65. The van der Waals surface area contributed by atoms with Crippen molar-refractivity contribution in [2.75, 3.05) is 38.1 Å². The molecule has 3 rings (SSSR count). The number of nitrogens with zero attached hydrogens (tertiary/aromatic N) is 4. The van der Waals surface area contributed by atoms with E-state index in [0.29, 0.717) is 5.92 Å². The van der Waals surface area contributed by atoms with Crippen molar-refractivity contribution in [1.82, 2.24) is 14.9 Å². The van der Waals surface area contributed by atoms with Gasteiger partial charge in [-0.3, -0.25) is 0 Å². The first kappa shape index (κ1) is 13.3. The zero-order valence-electron chi connectivity index (χ0n) is 11.5. The number of hydrogen-bond donors (Lipinski definition) is 0. The number of hydrogen-bond acceptors (Lipinski definition) is 4. The van der Waals surface area contributed by atoms with Crippen molar-refractivity contribution < 1.29 is 0 Å². The maximum atomic E-state index is 4.71. The fourth-order valence-corrected chi connectivity index (χ4v) is 2.94. The lowest BCUT2D eigenvalue weighted by Crippen LogP contribution is -2.32. The van der Waals surface area contributed by atoms with Crippen LogP contribution in [-0.2, 0) is 0 Å². The molecule has 0 N–H and O–H groups in total.